The zero-order valence-electron chi connectivity index (χ0n) is 8.03. The van der Waals surface area contributed by atoms with Crippen LogP contribution < -0.4 is 0 Å². The minimum absolute atomic E-state index is 0.142. The highest BCUT2D eigenvalue weighted by molar-refractivity contribution is 7.98. The first-order chi connectivity index (χ1) is 6.70. The summed E-state index contributed by atoms with van der Waals surface area (Å²) in [5.74, 6) is 0.215. The Bertz CT molecular complexity index is 334. The van der Waals surface area contributed by atoms with Gasteiger partial charge in [-0.3, -0.25) is 0 Å². The monoisotopic (exact) mass is 212 g/mol. The molecule has 0 heterocycles. The van der Waals surface area contributed by atoms with E-state index >= 15 is 0 Å². The minimum Gasteiger partial charge on any atom is -0.393 e. The molecular formula is C11H13FOS. The molecule has 1 aliphatic carbocycles. The Hall–Kier alpha value is -0.540. The topological polar surface area (TPSA) is 20.2 Å². The molecule has 1 saturated carbocycles. The molecule has 1 nitrogen and oxygen atoms in total. The van der Waals surface area contributed by atoms with Gasteiger partial charge >= 0.3 is 0 Å². The molecule has 1 aromatic rings. The van der Waals surface area contributed by atoms with Crippen molar-refractivity contribution in [2.45, 2.75) is 29.8 Å². The summed E-state index contributed by atoms with van der Waals surface area (Å²) < 4.78 is 13.4. The molecule has 1 fully saturated rings. The van der Waals surface area contributed by atoms with Crippen molar-refractivity contribution < 1.29 is 9.50 Å². The molecule has 0 aliphatic heterocycles. The SMILES string of the molecule is CSc1ccc(C2CC(O)C2)cc1F. The summed E-state index contributed by atoms with van der Waals surface area (Å²) in [5, 5.41) is 9.15. The predicted molar refractivity (Wildman–Crippen MR) is 56.2 cm³/mol. The molecule has 14 heavy (non-hydrogen) atoms. The van der Waals surface area contributed by atoms with Crippen LogP contribution >= 0.6 is 11.8 Å². The van der Waals surface area contributed by atoms with Gasteiger partial charge in [-0.25, -0.2) is 4.39 Å². The second-order valence-corrected chi connectivity index (χ2v) is 4.56. The van der Waals surface area contributed by atoms with Crippen LogP contribution in [0.1, 0.15) is 24.3 Å². The second-order valence-electron chi connectivity index (χ2n) is 3.72. The van der Waals surface area contributed by atoms with Gasteiger partial charge in [-0.1, -0.05) is 6.07 Å². The molecule has 0 unspecified atom stereocenters. The Labute approximate surface area is 87.3 Å². The Morgan fingerprint density at radius 3 is 2.64 bits per heavy atom. The number of halogens is 1. The molecule has 0 aromatic heterocycles. The van der Waals surface area contributed by atoms with E-state index in [0.29, 0.717) is 10.8 Å². The van der Waals surface area contributed by atoms with Crippen LogP contribution in [-0.4, -0.2) is 17.5 Å². The first kappa shape index (κ1) is 9.99. The molecule has 2 rings (SSSR count). The van der Waals surface area contributed by atoms with E-state index < -0.39 is 0 Å². The fraction of sp³-hybridized carbons (Fsp3) is 0.455. The van der Waals surface area contributed by atoms with E-state index in [0.717, 1.165) is 18.4 Å². The third-order valence-corrected chi connectivity index (χ3v) is 3.53. The summed E-state index contributed by atoms with van der Waals surface area (Å²) in [5.41, 5.74) is 1.02. The average molecular weight is 212 g/mol. The number of hydrogen-bond acceptors (Lipinski definition) is 2. The smallest absolute Gasteiger partial charge is 0.137 e. The van der Waals surface area contributed by atoms with Crippen LogP contribution in [0, 0.1) is 5.82 Å². The van der Waals surface area contributed by atoms with Crippen LogP contribution in [0.3, 0.4) is 0 Å². The quantitative estimate of drug-likeness (QED) is 0.761. The van der Waals surface area contributed by atoms with Gasteiger partial charge in [0.25, 0.3) is 0 Å². The molecule has 0 atom stereocenters. The maximum absolute atomic E-state index is 13.4. The Morgan fingerprint density at radius 2 is 2.14 bits per heavy atom. The van der Waals surface area contributed by atoms with Crippen LogP contribution in [0.25, 0.3) is 0 Å². The highest BCUT2D eigenvalue weighted by Gasteiger charge is 2.28. The van der Waals surface area contributed by atoms with Crippen molar-refractivity contribution in [3.63, 3.8) is 0 Å². The van der Waals surface area contributed by atoms with E-state index in [2.05, 4.69) is 0 Å². The van der Waals surface area contributed by atoms with Crippen LogP contribution in [0.15, 0.2) is 23.1 Å². The first-order valence-corrected chi connectivity index (χ1v) is 5.94. The Kier molecular flexibility index (Phi) is 2.79. The third-order valence-electron chi connectivity index (χ3n) is 2.76. The van der Waals surface area contributed by atoms with Crippen molar-refractivity contribution in [3.05, 3.63) is 29.6 Å². The second kappa shape index (κ2) is 3.91. The molecule has 0 saturated heterocycles. The van der Waals surface area contributed by atoms with E-state index in [4.69, 9.17) is 5.11 Å². The predicted octanol–water partition coefficient (Wildman–Crippen LogP) is 2.79. The number of rotatable bonds is 2. The van der Waals surface area contributed by atoms with Gasteiger partial charge in [0.1, 0.15) is 5.82 Å². The van der Waals surface area contributed by atoms with Gasteiger partial charge in [0.05, 0.1) is 6.10 Å². The standard InChI is InChI=1S/C11H13FOS/c1-14-11-3-2-7(6-10(11)12)8-4-9(13)5-8/h2-3,6,8-9,13H,4-5H2,1H3. The number of benzene rings is 1. The van der Waals surface area contributed by atoms with E-state index in [9.17, 15) is 4.39 Å². The van der Waals surface area contributed by atoms with Gasteiger partial charge in [0.15, 0.2) is 0 Å². The highest BCUT2D eigenvalue weighted by atomic mass is 32.2. The largest absolute Gasteiger partial charge is 0.393 e. The number of hydrogen-bond donors (Lipinski definition) is 1. The van der Waals surface area contributed by atoms with E-state index in [1.807, 2.05) is 18.4 Å². The van der Waals surface area contributed by atoms with Gasteiger partial charge < -0.3 is 5.11 Å². The van der Waals surface area contributed by atoms with Crippen LogP contribution in [-0.2, 0) is 0 Å². The normalized spacial score (nSPS) is 25.9. The number of aliphatic hydroxyl groups is 1. The van der Waals surface area contributed by atoms with Gasteiger partial charge in [0, 0.05) is 4.90 Å². The molecule has 0 radical (unpaired) electrons. The lowest BCUT2D eigenvalue weighted by Crippen LogP contribution is -2.26. The van der Waals surface area contributed by atoms with Crippen molar-refractivity contribution in [3.8, 4) is 0 Å². The summed E-state index contributed by atoms with van der Waals surface area (Å²) in [6, 6.07) is 5.38. The van der Waals surface area contributed by atoms with Crippen LogP contribution in [0.2, 0.25) is 0 Å². The molecule has 0 spiro atoms. The molecule has 3 heteroatoms. The lowest BCUT2D eigenvalue weighted by atomic mass is 9.78. The maximum atomic E-state index is 13.4. The fourth-order valence-electron chi connectivity index (χ4n) is 1.80. The summed E-state index contributed by atoms with van der Waals surface area (Å²) in [7, 11) is 0. The van der Waals surface area contributed by atoms with E-state index in [-0.39, 0.29) is 11.9 Å². The zero-order valence-corrected chi connectivity index (χ0v) is 8.85. The Balaban J connectivity index is 2.16. The number of aliphatic hydroxyl groups excluding tert-OH is 1. The van der Waals surface area contributed by atoms with Gasteiger partial charge in [-0.15, -0.1) is 11.8 Å². The van der Waals surface area contributed by atoms with Crippen molar-refractivity contribution in [2.75, 3.05) is 6.26 Å². The van der Waals surface area contributed by atoms with Gasteiger partial charge in [0.2, 0.25) is 0 Å². The zero-order chi connectivity index (χ0) is 10.1. The summed E-state index contributed by atoms with van der Waals surface area (Å²) in [4.78, 5) is 0.689. The van der Waals surface area contributed by atoms with Crippen molar-refractivity contribution in [1.29, 1.82) is 0 Å². The molecule has 76 valence electrons. The number of thioether (sulfide) groups is 1. The lowest BCUT2D eigenvalue weighted by Gasteiger charge is -2.31. The molecule has 0 amide bonds. The Morgan fingerprint density at radius 1 is 1.43 bits per heavy atom. The summed E-state index contributed by atoms with van der Waals surface area (Å²) >= 11 is 1.42. The molecule has 1 aliphatic rings. The van der Waals surface area contributed by atoms with Gasteiger partial charge in [-0.2, -0.15) is 0 Å². The average Bonchev–Trinajstić information content (AvgIpc) is 2.13. The molecule has 0 bridgehead atoms. The summed E-state index contributed by atoms with van der Waals surface area (Å²) in [6.07, 6.45) is 3.24. The van der Waals surface area contributed by atoms with E-state index in [1.54, 1.807) is 6.07 Å². The maximum Gasteiger partial charge on any atom is 0.137 e. The van der Waals surface area contributed by atoms with Crippen LogP contribution in [0.4, 0.5) is 4.39 Å². The molecular weight excluding hydrogens is 199 g/mol. The van der Waals surface area contributed by atoms with Crippen molar-refractivity contribution in [2.24, 2.45) is 0 Å². The van der Waals surface area contributed by atoms with Crippen LogP contribution in [0.5, 0.6) is 0 Å². The molecule has 1 N–H and O–H groups in total. The van der Waals surface area contributed by atoms with Gasteiger partial charge in [-0.05, 0) is 42.7 Å². The fourth-order valence-corrected chi connectivity index (χ4v) is 2.25. The van der Waals surface area contributed by atoms with Crippen molar-refractivity contribution >= 4 is 11.8 Å². The molecule has 1 aromatic carbocycles. The first-order valence-electron chi connectivity index (χ1n) is 4.72. The third kappa shape index (κ3) is 1.79. The summed E-state index contributed by atoms with van der Waals surface area (Å²) in [6.45, 7) is 0. The highest BCUT2D eigenvalue weighted by Crippen LogP contribution is 2.37. The lowest BCUT2D eigenvalue weighted by molar-refractivity contribution is 0.0745. The van der Waals surface area contributed by atoms with E-state index in [1.165, 1.54) is 11.8 Å². The minimum atomic E-state index is -0.178. The van der Waals surface area contributed by atoms with Crippen molar-refractivity contribution in [1.82, 2.24) is 0 Å².